The average Bonchev–Trinajstić information content (AvgIpc) is 2.96. The van der Waals surface area contributed by atoms with Gasteiger partial charge in [-0.25, -0.2) is 0 Å². The Morgan fingerprint density at radius 2 is 1.90 bits per heavy atom. The van der Waals surface area contributed by atoms with Crippen LogP contribution in [0.5, 0.6) is 0 Å². The number of rotatable bonds is 2. The zero-order chi connectivity index (χ0) is 14.3. The lowest BCUT2D eigenvalue weighted by atomic mass is 9.73. The molecular weight excluding hydrogens is 262 g/mol. The Balaban J connectivity index is 1.85. The molecule has 3 aliphatic rings. The maximum atomic E-state index is 12.7. The normalized spacial score (nSPS) is 33.1. The van der Waals surface area contributed by atoms with Gasteiger partial charge < -0.3 is 9.84 Å². The number of aliphatic carboxylic acids is 1. The molecule has 3 fully saturated rings. The van der Waals surface area contributed by atoms with E-state index in [1.165, 1.54) is 4.90 Å². The minimum absolute atomic E-state index is 0.0735. The molecule has 1 N–H and O–H groups in total. The summed E-state index contributed by atoms with van der Waals surface area (Å²) in [7, 11) is 0. The van der Waals surface area contributed by atoms with Crippen molar-refractivity contribution in [3.8, 4) is 0 Å². The highest BCUT2D eigenvalue weighted by Gasteiger charge is 2.56. The molecule has 2 atom stereocenters. The molecule has 0 aromatic carbocycles. The molecule has 2 amide bonds. The van der Waals surface area contributed by atoms with Crippen LogP contribution in [0, 0.1) is 11.3 Å². The van der Waals surface area contributed by atoms with Gasteiger partial charge in [-0.05, 0) is 12.8 Å². The van der Waals surface area contributed by atoms with Crippen LogP contribution in [0.25, 0.3) is 0 Å². The van der Waals surface area contributed by atoms with E-state index in [1.807, 2.05) is 0 Å². The average molecular weight is 281 g/mol. The fraction of sp³-hybridized carbons (Fsp3) is 0.786. The van der Waals surface area contributed by atoms with E-state index in [4.69, 9.17) is 4.74 Å². The van der Waals surface area contributed by atoms with E-state index >= 15 is 0 Å². The number of carboxylic acid groups (broad SMARTS) is 1. The zero-order valence-electron chi connectivity index (χ0n) is 11.3. The van der Waals surface area contributed by atoms with E-state index < -0.39 is 23.3 Å². The van der Waals surface area contributed by atoms with Crippen molar-refractivity contribution in [2.24, 2.45) is 11.3 Å². The molecule has 2 saturated heterocycles. The maximum absolute atomic E-state index is 12.7. The standard InChI is InChI=1S/C14H19NO5/c16-11-6-14(4-2-1-3-5-14)13(19)15(11)10-8-20-7-9(10)12(17)18/h9-10H,1-8H2,(H,17,18). The summed E-state index contributed by atoms with van der Waals surface area (Å²) in [5.74, 6) is -2.18. The van der Waals surface area contributed by atoms with Crippen LogP contribution in [0.2, 0.25) is 0 Å². The largest absolute Gasteiger partial charge is 0.481 e. The molecule has 2 aliphatic heterocycles. The molecule has 0 radical (unpaired) electrons. The summed E-state index contributed by atoms with van der Waals surface area (Å²) < 4.78 is 5.19. The summed E-state index contributed by atoms with van der Waals surface area (Å²) in [6, 6.07) is -0.631. The third-order valence-corrected chi connectivity index (χ3v) is 4.94. The zero-order valence-corrected chi connectivity index (χ0v) is 11.3. The third-order valence-electron chi connectivity index (χ3n) is 4.94. The van der Waals surface area contributed by atoms with Gasteiger partial charge in [-0.1, -0.05) is 19.3 Å². The van der Waals surface area contributed by atoms with E-state index in [1.54, 1.807) is 0 Å². The molecule has 0 aromatic heterocycles. The first kappa shape index (κ1) is 13.5. The van der Waals surface area contributed by atoms with Crippen molar-refractivity contribution in [1.82, 2.24) is 4.90 Å². The van der Waals surface area contributed by atoms with Crippen LogP contribution in [0.3, 0.4) is 0 Å². The summed E-state index contributed by atoms with van der Waals surface area (Å²) >= 11 is 0. The number of hydrogen-bond acceptors (Lipinski definition) is 4. The Labute approximate surface area is 117 Å². The number of carbonyl (C=O) groups excluding carboxylic acids is 2. The Bertz CT molecular complexity index is 454. The van der Waals surface area contributed by atoms with Crippen LogP contribution < -0.4 is 0 Å². The molecule has 0 bridgehead atoms. The van der Waals surface area contributed by atoms with Crippen molar-refractivity contribution in [3.05, 3.63) is 0 Å². The van der Waals surface area contributed by atoms with Crippen molar-refractivity contribution in [2.45, 2.75) is 44.6 Å². The van der Waals surface area contributed by atoms with Gasteiger partial charge in [0.05, 0.1) is 24.7 Å². The predicted octanol–water partition coefficient (Wildman–Crippen LogP) is 0.795. The van der Waals surface area contributed by atoms with Gasteiger partial charge in [-0.2, -0.15) is 0 Å². The van der Waals surface area contributed by atoms with E-state index in [9.17, 15) is 19.5 Å². The minimum atomic E-state index is -1.00. The number of nitrogens with zero attached hydrogens (tertiary/aromatic N) is 1. The summed E-state index contributed by atoms with van der Waals surface area (Å²) in [4.78, 5) is 37.4. The Hall–Kier alpha value is -1.43. The van der Waals surface area contributed by atoms with Gasteiger partial charge in [-0.15, -0.1) is 0 Å². The van der Waals surface area contributed by atoms with Gasteiger partial charge in [0.15, 0.2) is 0 Å². The maximum Gasteiger partial charge on any atom is 0.311 e. The first-order valence-electron chi connectivity index (χ1n) is 7.22. The molecule has 20 heavy (non-hydrogen) atoms. The summed E-state index contributed by atoms with van der Waals surface area (Å²) in [5, 5.41) is 9.19. The molecule has 1 spiro atoms. The number of imide groups is 1. The lowest BCUT2D eigenvalue weighted by Crippen LogP contribution is -2.48. The number of carbonyl (C=O) groups is 3. The molecule has 110 valence electrons. The topological polar surface area (TPSA) is 83.9 Å². The second-order valence-corrected chi connectivity index (χ2v) is 6.14. The molecule has 1 saturated carbocycles. The molecule has 0 aromatic rings. The number of ether oxygens (including phenoxy) is 1. The van der Waals surface area contributed by atoms with Gasteiger partial charge >= 0.3 is 5.97 Å². The van der Waals surface area contributed by atoms with Gasteiger partial charge in [0, 0.05) is 6.42 Å². The van der Waals surface area contributed by atoms with Gasteiger partial charge in [-0.3, -0.25) is 19.3 Å². The third kappa shape index (κ3) is 1.93. The Kier molecular flexibility index (Phi) is 3.28. The van der Waals surface area contributed by atoms with Crippen molar-refractivity contribution < 1.29 is 24.2 Å². The van der Waals surface area contributed by atoms with Crippen molar-refractivity contribution in [1.29, 1.82) is 0 Å². The molecular formula is C14H19NO5. The highest BCUT2D eigenvalue weighted by Crippen LogP contribution is 2.46. The highest BCUT2D eigenvalue weighted by molar-refractivity contribution is 6.06. The van der Waals surface area contributed by atoms with Crippen LogP contribution in [-0.4, -0.2) is 47.0 Å². The number of amides is 2. The molecule has 2 heterocycles. The second kappa shape index (κ2) is 4.84. The first-order valence-corrected chi connectivity index (χ1v) is 7.22. The lowest BCUT2D eigenvalue weighted by Gasteiger charge is -2.32. The molecule has 3 rings (SSSR count). The van der Waals surface area contributed by atoms with E-state index in [0.29, 0.717) is 0 Å². The van der Waals surface area contributed by atoms with Gasteiger partial charge in [0.25, 0.3) is 0 Å². The Morgan fingerprint density at radius 3 is 2.55 bits per heavy atom. The van der Waals surface area contributed by atoms with Crippen LogP contribution in [0.1, 0.15) is 38.5 Å². The monoisotopic (exact) mass is 281 g/mol. The Morgan fingerprint density at radius 1 is 1.20 bits per heavy atom. The van der Waals surface area contributed by atoms with Crippen molar-refractivity contribution >= 4 is 17.8 Å². The second-order valence-electron chi connectivity index (χ2n) is 6.14. The van der Waals surface area contributed by atoms with Crippen LogP contribution in [0.4, 0.5) is 0 Å². The first-order chi connectivity index (χ1) is 9.55. The summed E-state index contributed by atoms with van der Waals surface area (Å²) in [6.45, 7) is 0.217. The van der Waals surface area contributed by atoms with E-state index in [0.717, 1.165) is 32.1 Å². The van der Waals surface area contributed by atoms with Gasteiger partial charge in [0.1, 0.15) is 5.92 Å². The van der Waals surface area contributed by atoms with Crippen LogP contribution >= 0.6 is 0 Å². The number of hydrogen-bond donors (Lipinski definition) is 1. The van der Waals surface area contributed by atoms with Crippen molar-refractivity contribution in [2.75, 3.05) is 13.2 Å². The number of carboxylic acids is 1. The molecule has 2 unspecified atom stereocenters. The summed E-state index contributed by atoms with van der Waals surface area (Å²) in [5.41, 5.74) is -0.555. The van der Waals surface area contributed by atoms with Crippen LogP contribution in [0.15, 0.2) is 0 Å². The number of likely N-dealkylation sites (tertiary alicyclic amines) is 1. The molecule has 6 nitrogen and oxygen atoms in total. The lowest BCUT2D eigenvalue weighted by molar-refractivity contribution is -0.149. The minimum Gasteiger partial charge on any atom is -0.481 e. The van der Waals surface area contributed by atoms with E-state index in [2.05, 4.69) is 0 Å². The van der Waals surface area contributed by atoms with Gasteiger partial charge in [0.2, 0.25) is 11.8 Å². The quantitative estimate of drug-likeness (QED) is 0.757. The van der Waals surface area contributed by atoms with E-state index in [-0.39, 0.29) is 31.4 Å². The predicted molar refractivity (Wildman–Crippen MR) is 67.7 cm³/mol. The fourth-order valence-electron chi connectivity index (χ4n) is 3.81. The van der Waals surface area contributed by atoms with Crippen molar-refractivity contribution in [3.63, 3.8) is 0 Å². The fourth-order valence-corrected chi connectivity index (χ4v) is 3.81. The smallest absolute Gasteiger partial charge is 0.311 e. The molecule has 6 heteroatoms. The highest BCUT2D eigenvalue weighted by atomic mass is 16.5. The summed E-state index contributed by atoms with van der Waals surface area (Å²) in [6.07, 6.45) is 4.79. The van der Waals surface area contributed by atoms with Crippen LogP contribution in [-0.2, 0) is 19.1 Å². The SMILES string of the molecule is O=C(O)C1COCC1N1C(=O)CC2(CCCCC2)C1=O. The molecule has 1 aliphatic carbocycles.